The van der Waals surface area contributed by atoms with Crippen molar-refractivity contribution < 1.29 is 23.8 Å². The first-order valence-corrected chi connectivity index (χ1v) is 6.58. The van der Waals surface area contributed by atoms with E-state index in [9.17, 15) is 9.59 Å². The number of nitrogens with one attached hydrogen (secondary N) is 1. The third-order valence-electron chi connectivity index (χ3n) is 2.46. The third kappa shape index (κ3) is 4.37. The molecular weight excluding hydrogens is 290 g/mol. The van der Waals surface area contributed by atoms with Crippen LogP contribution in [0.5, 0.6) is 0 Å². The van der Waals surface area contributed by atoms with Crippen molar-refractivity contribution in [2.24, 2.45) is 0 Å². The van der Waals surface area contributed by atoms with Crippen LogP contribution in [-0.4, -0.2) is 32.6 Å². The molecule has 0 unspecified atom stereocenters. The van der Waals surface area contributed by atoms with Crippen LogP contribution >= 0.6 is 0 Å². The molecule has 2 rings (SSSR count). The molecule has 0 aromatic carbocycles. The van der Waals surface area contributed by atoms with Gasteiger partial charge in [0.1, 0.15) is 11.4 Å². The molecule has 0 aliphatic rings. The Labute approximate surface area is 126 Å². The van der Waals surface area contributed by atoms with Gasteiger partial charge in [-0.25, -0.2) is 9.59 Å². The number of rotatable bonds is 4. The van der Waals surface area contributed by atoms with Crippen molar-refractivity contribution >= 4 is 17.9 Å². The number of carbonyl (C=O) groups excluding carboxylic acids is 1. The zero-order valence-corrected chi connectivity index (χ0v) is 12.5. The minimum absolute atomic E-state index is 0.130. The van der Waals surface area contributed by atoms with E-state index in [4.69, 9.17) is 14.3 Å². The van der Waals surface area contributed by atoms with Gasteiger partial charge in [-0.1, -0.05) is 0 Å². The molecule has 0 radical (unpaired) electrons. The Kier molecular flexibility index (Phi) is 4.20. The number of carboxylic acid groups (broad SMARTS) is 1. The van der Waals surface area contributed by atoms with E-state index in [1.54, 1.807) is 39.1 Å². The second kappa shape index (κ2) is 5.92. The largest absolute Gasteiger partial charge is 0.475 e. The van der Waals surface area contributed by atoms with E-state index in [0.717, 1.165) is 0 Å². The lowest BCUT2D eigenvalue weighted by Crippen LogP contribution is -2.27. The molecule has 8 nitrogen and oxygen atoms in total. The smallest absolute Gasteiger partial charge is 0.413 e. The van der Waals surface area contributed by atoms with Gasteiger partial charge in [0.15, 0.2) is 5.82 Å². The van der Waals surface area contributed by atoms with Gasteiger partial charge in [-0.05, 0) is 32.9 Å². The van der Waals surface area contributed by atoms with Crippen LogP contribution < -0.4 is 5.32 Å². The maximum atomic E-state index is 11.6. The molecule has 8 heteroatoms. The average Bonchev–Trinajstić information content (AvgIpc) is 2.97. The Bertz CT molecular complexity index is 681. The van der Waals surface area contributed by atoms with Gasteiger partial charge in [-0.3, -0.25) is 10.00 Å². The molecule has 0 atom stereocenters. The maximum Gasteiger partial charge on any atom is 0.413 e. The summed E-state index contributed by atoms with van der Waals surface area (Å²) < 4.78 is 11.8. The molecule has 0 saturated carbocycles. The summed E-state index contributed by atoms with van der Waals surface area (Å²) in [4.78, 5) is 22.3. The fourth-order valence-corrected chi connectivity index (χ4v) is 1.66. The first-order chi connectivity index (χ1) is 10.2. The summed E-state index contributed by atoms with van der Waals surface area (Å²) in [5.74, 6) is -0.475. The zero-order valence-electron chi connectivity index (χ0n) is 12.5. The van der Waals surface area contributed by atoms with E-state index in [1.165, 1.54) is 10.7 Å². The highest BCUT2D eigenvalue weighted by Crippen LogP contribution is 2.12. The summed E-state index contributed by atoms with van der Waals surface area (Å²) in [6.45, 7) is 5.55. The van der Waals surface area contributed by atoms with Crippen molar-refractivity contribution in [1.82, 2.24) is 9.78 Å². The summed E-state index contributed by atoms with van der Waals surface area (Å²) >= 11 is 0. The number of hydrogen-bond donors (Lipinski definition) is 2. The highest BCUT2D eigenvalue weighted by Gasteiger charge is 2.17. The fraction of sp³-hybridized carbons (Fsp3) is 0.357. The second-order valence-electron chi connectivity index (χ2n) is 5.60. The first-order valence-electron chi connectivity index (χ1n) is 6.58. The second-order valence-corrected chi connectivity index (χ2v) is 5.60. The number of amides is 1. The van der Waals surface area contributed by atoms with Gasteiger partial charge >= 0.3 is 12.1 Å². The third-order valence-corrected chi connectivity index (χ3v) is 2.46. The molecule has 2 aromatic heterocycles. The summed E-state index contributed by atoms with van der Waals surface area (Å²) in [5, 5.41) is 15.4. The van der Waals surface area contributed by atoms with Crippen LogP contribution in [0.15, 0.2) is 28.8 Å². The van der Waals surface area contributed by atoms with E-state index in [-0.39, 0.29) is 12.3 Å². The van der Waals surface area contributed by atoms with Gasteiger partial charge in [-0.2, -0.15) is 5.10 Å². The van der Waals surface area contributed by atoms with Crippen molar-refractivity contribution in [3.63, 3.8) is 0 Å². The van der Waals surface area contributed by atoms with Gasteiger partial charge < -0.3 is 14.3 Å². The van der Waals surface area contributed by atoms with Crippen molar-refractivity contribution in [2.75, 3.05) is 5.32 Å². The quantitative estimate of drug-likeness (QED) is 0.899. The topological polar surface area (TPSA) is 107 Å². The molecule has 2 aromatic rings. The highest BCUT2D eigenvalue weighted by molar-refractivity contribution is 5.84. The van der Waals surface area contributed by atoms with Crippen LogP contribution in [0.25, 0.3) is 0 Å². The first kappa shape index (κ1) is 15.6. The lowest BCUT2D eigenvalue weighted by atomic mass is 10.2. The minimum Gasteiger partial charge on any atom is -0.475 e. The standard InChI is InChI=1S/C14H17N3O5/c1-14(2,3)22-13(20)15-11-6-7-17(16-11)8-9-4-5-10(21-9)12(18)19/h4-7H,8H2,1-3H3,(H,18,19)(H,15,16,20). The fourth-order valence-electron chi connectivity index (χ4n) is 1.66. The molecule has 0 spiro atoms. The van der Waals surface area contributed by atoms with Gasteiger partial charge in [-0.15, -0.1) is 0 Å². The summed E-state index contributed by atoms with van der Waals surface area (Å²) in [5.41, 5.74) is -0.589. The number of aromatic nitrogens is 2. The highest BCUT2D eigenvalue weighted by atomic mass is 16.6. The predicted octanol–water partition coefficient (Wildman–Crippen LogP) is 2.57. The molecule has 1 amide bonds. The van der Waals surface area contributed by atoms with Gasteiger partial charge in [0.25, 0.3) is 0 Å². The SMILES string of the molecule is CC(C)(C)OC(=O)Nc1ccn(Cc2ccc(C(=O)O)o2)n1. The summed E-state index contributed by atoms with van der Waals surface area (Å²) in [6.07, 6.45) is 1.04. The van der Waals surface area contributed by atoms with E-state index in [1.807, 2.05) is 0 Å². The van der Waals surface area contributed by atoms with Crippen molar-refractivity contribution in [3.05, 3.63) is 35.9 Å². The van der Waals surface area contributed by atoms with Gasteiger partial charge in [0, 0.05) is 12.3 Å². The van der Waals surface area contributed by atoms with Crippen LogP contribution in [0.4, 0.5) is 10.6 Å². The van der Waals surface area contributed by atoms with Crippen LogP contribution in [0.1, 0.15) is 37.1 Å². The molecule has 0 aliphatic carbocycles. The number of nitrogens with zero attached hydrogens (tertiary/aromatic N) is 2. The Morgan fingerprint density at radius 3 is 2.68 bits per heavy atom. The molecule has 0 fully saturated rings. The number of carboxylic acids is 1. The zero-order chi connectivity index (χ0) is 16.3. The summed E-state index contributed by atoms with van der Waals surface area (Å²) in [6, 6.07) is 4.54. The Balaban J connectivity index is 1.96. The molecule has 2 heterocycles. The Hall–Kier alpha value is -2.77. The molecule has 0 saturated heterocycles. The monoisotopic (exact) mass is 307 g/mol. The van der Waals surface area contributed by atoms with Crippen LogP contribution in [0, 0.1) is 0 Å². The van der Waals surface area contributed by atoms with Crippen molar-refractivity contribution in [3.8, 4) is 0 Å². The number of hydrogen-bond acceptors (Lipinski definition) is 5. The van der Waals surface area contributed by atoms with E-state index < -0.39 is 17.7 Å². The van der Waals surface area contributed by atoms with E-state index in [0.29, 0.717) is 11.6 Å². The molecule has 0 bridgehead atoms. The number of carbonyl (C=O) groups is 2. The van der Waals surface area contributed by atoms with Crippen molar-refractivity contribution in [1.29, 1.82) is 0 Å². The molecule has 22 heavy (non-hydrogen) atoms. The number of aromatic carboxylic acids is 1. The van der Waals surface area contributed by atoms with E-state index in [2.05, 4.69) is 10.4 Å². The Morgan fingerprint density at radius 1 is 1.36 bits per heavy atom. The van der Waals surface area contributed by atoms with Crippen molar-refractivity contribution in [2.45, 2.75) is 32.9 Å². The van der Waals surface area contributed by atoms with E-state index >= 15 is 0 Å². The predicted molar refractivity (Wildman–Crippen MR) is 76.9 cm³/mol. The van der Waals surface area contributed by atoms with Crippen LogP contribution in [-0.2, 0) is 11.3 Å². The van der Waals surface area contributed by atoms with Gasteiger partial charge in [0.2, 0.25) is 5.76 Å². The number of anilines is 1. The maximum absolute atomic E-state index is 11.6. The normalized spacial score (nSPS) is 11.2. The lowest BCUT2D eigenvalue weighted by molar-refractivity contribution is 0.0631. The van der Waals surface area contributed by atoms with Crippen LogP contribution in [0.2, 0.25) is 0 Å². The lowest BCUT2D eigenvalue weighted by Gasteiger charge is -2.19. The Morgan fingerprint density at radius 2 is 2.09 bits per heavy atom. The average molecular weight is 307 g/mol. The summed E-state index contributed by atoms with van der Waals surface area (Å²) in [7, 11) is 0. The van der Waals surface area contributed by atoms with Crippen LogP contribution in [0.3, 0.4) is 0 Å². The molecular formula is C14H17N3O5. The molecule has 0 aliphatic heterocycles. The molecule has 118 valence electrons. The minimum atomic E-state index is -1.13. The number of furan rings is 1. The number of ether oxygens (including phenoxy) is 1. The molecule has 2 N–H and O–H groups in total. The van der Waals surface area contributed by atoms with Gasteiger partial charge in [0.05, 0.1) is 6.54 Å².